The first kappa shape index (κ1) is 17.9. The van der Waals surface area contributed by atoms with Crippen molar-refractivity contribution in [2.24, 2.45) is 10.7 Å². The molecule has 1 aromatic carbocycles. The fourth-order valence-corrected chi connectivity index (χ4v) is 3.17. The lowest BCUT2D eigenvalue weighted by atomic mass is 9.98. The van der Waals surface area contributed by atoms with Crippen molar-refractivity contribution in [3.63, 3.8) is 0 Å². The topological polar surface area (TPSA) is 78.1 Å². The molecule has 0 radical (unpaired) electrons. The smallest absolute Gasteiger partial charge is 0.193 e. The van der Waals surface area contributed by atoms with Crippen molar-refractivity contribution in [3.8, 4) is 11.5 Å². The molecular weight excluding hydrogens is 318 g/mol. The van der Waals surface area contributed by atoms with Gasteiger partial charge in [0, 0.05) is 31.3 Å². The highest BCUT2D eigenvalue weighted by atomic mass is 16.5. The first-order valence-corrected chi connectivity index (χ1v) is 9.39. The zero-order valence-electron chi connectivity index (χ0n) is 14.8. The zero-order chi connectivity index (χ0) is 17.3. The van der Waals surface area contributed by atoms with Crippen LogP contribution in [0.5, 0.6) is 11.5 Å². The van der Waals surface area contributed by atoms with Gasteiger partial charge in [-0.15, -0.1) is 0 Å². The van der Waals surface area contributed by atoms with Crippen LogP contribution in [0.2, 0.25) is 0 Å². The van der Waals surface area contributed by atoms with Crippen LogP contribution < -0.4 is 20.5 Å². The fraction of sp³-hybridized carbons (Fsp3) is 0.632. The van der Waals surface area contributed by atoms with Gasteiger partial charge in [-0.2, -0.15) is 0 Å². The number of ether oxygens (including phenoxy) is 3. The molecule has 0 aromatic heterocycles. The summed E-state index contributed by atoms with van der Waals surface area (Å²) in [7, 11) is 0. The van der Waals surface area contributed by atoms with Crippen LogP contribution in [0.4, 0.5) is 5.69 Å². The van der Waals surface area contributed by atoms with Gasteiger partial charge >= 0.3 is 0 Å². The highest BCUT2D eigenvalue weighted by Gasteiger charge is 2.13. The maximum absolute atomic E-state index is 5.96. The van der Waals surface area contributed by atoms with Gasteiger partial charge in [0.15, 0.2) is 17.5 Å². The van der Waals surface area contributed by atoms with Crippen LogP contribution in [-0.2, 0) is 4.74 Å². The molecule has 6 nitrogen and oxygen atoms in total. The van der Waals surface area contributed by atoms with E-state index in [-0.39, 0.29) is 0 Å². The number of nitrogens with zero attached hydrogens (tertiary/aromatic N) is 1. The number of hydrogen-bond donors (Lipinski definition) is 2. The van der Waals surface area contributed by atoms with E-state index in [0.717, 1.165) is 36.6 Å². The minimum absolute atomic E-state index is 0.409. The molecule has 1 aromatic rings. The highest BCUT2D eigenvalue weighted by molar-refractivity contribution is 5.92. The maximum atomic E-state index is 5.96. The van der Waals surface area contributed by atoms with E-state index in [1.807, 2.05) is 18.2 Å². The molecule has 1 heterocycles. The second-order valence-corrected chi connectivity index (χ2v) is 6.59. The maximum Gasteiger partial charge on any atom is 0.193 e. The summed E-state index contributed by atoms with van der Waals surface area (Å²) in [6.45, 7) is 2.77. The Kier molecular flexibility index (Phi) is 6.79. The number of rotatable bonds is 6. The number of guanidine groups is 1. The summed E-state index contributed by atoms with van der Waals surface area (Å²) >= 11 is 0. The summed E-state index contributed by atoms with van der Waals surface area (Å²) in [6.07, 6.45) is 8.60. The van der Waals surface area contributed by atoms with Gasteiger partial charge in [0.2, 0.25) is 0 Å². The summed E-state index contributed by atoms with van der Waals surface area (Å²) in [5, 5.41) is 3.10. The summed E-state index contributed by atoms with van der Waals surface area (Å²) in [5.41, 5.74) is 6.81. The van der Waals surface area contributed by atoms with Gasteiger partial charge in [0.1, 0.15) is 0 Å². The van der Waals surface area contributed by atoms with Crippen LogP contribution in [0.1, 0.15) is 44.9 Å². The number of anilines is 1. The average Bonchev–Trinajstić information content (AvgIpc) is 2.87. The molecule has 3 N–H and O–H groups in total. The molecule has 1 aliphatic carbocycles. The summed E-state index contributed by atoms with van der Waals surface area (Å²) in [6, 6.07) is 5.71. The monoisotopic (exact) mass is 347 g/mol. The zero-order valence-corrected chi connectivity index (χ0v) is 14.8. The van der Waals surface area contributed by atoms with Crippen LogP contribution in [0.25, 0.3) is 0 Å². The Labute approximate surface area is 149 Å². The van der Waals surface area contributed by atoms with E-state index in [2.05, 4.69) is 10.3 Å². The lowest BCUT2D eigenvalue weighted by Crippen LogP contribution is -2.23. The molecule has 6 heteroatoms. The second kappa shape index (κ2) is 9.51. The van der Waals surface area contributed by atoms with E-state index in [9.17, 15) is 0 Å². The largest absolute Gasteiger partial charge is 0.490 e. The molecule has 138 valence electrons. The van der Waals surface area contributed by atoms with Gasteiger partial charge in [-0.05, 0) is 31.4 Å². The Morgan fingerprint density at radius 2 is 1.92 bits per heavy atom. The predicted molar refractivity (Wildman–Crippen MR) is 99.6 cm³/mol. The lowest BCUT2D eigenvalue weighted by Gasteiger charge is -2.21. The van der Waals surface area contributed by atoms with E-state index in [1.165, 1.54) is 32.1 Å². The number of hydrogen-bond acceptors (Lipinski definition) is 4. The molecule has 0 unspecified atom stereocenters. The van der Waals surface area contributed by atoms with Gasteiger partial charge < -0.3 is 25.3 Å². The Morgan fingerprint density at radius 3 is 2.76 bits per heavy atom. The number of nitrogens with one attached hydrogen (secondary N) is 1. The first-order valence-electron chi connectivity index (χ1n) is 9.39. The summed E-state index contributed by atoms with van der Waals surface area (Å²) in [4.78, 5) is 4.36. The second-order valence-electron chi connectivity index (χ2n) is 6.59. The Balaban J connectivity index is 1.39. The molecule has 0 spiro atoms. The number of nitrogens with two attached hydrogens (primary N) is 1. The molecule has 1 fully saturated rings. The lowest BCUT2D eigenvalue weighted by molar-refractivity contribution is 0.0281. The Morgan fingerprint density at radius 1 is 1.12 bits per heavy atom. The van der Waals surface area contributed by atoms with Gasteiger partial charge in [-0.1, -0.05) is 19.3 Å². The van der Waals surface area contributed by atoms with Gasteiger partial charge in [0.05, 0.1) is 19.3 Å². The molecule has 1 aliphatic heterocycles. The molecule has 2 aliphatic rings. The van der Waals surface area contributed by atoms with Crippen molar-refractivity contribution in [1.82, 2.24) is 0 Å². The van der Waals surface area contributed by atoms with Crippen molar-refractivity contribution in [3.05, 3.63) is 18.2 Å². The molecular formula is C19H29N3O3. The van der Waals surface area contributed by atoms with Crippen LogP contribution in [0.3, 0.4) is 0 Å². The molecule has 0 atom stereocenters. The fourth-order valence-electron chi connectivity index (χ4n) is 3.17. The third kappa shape index (κ3) is 5.81. The number of fused-ring (bicyclic) bond motifs is 1. The van der Waals surface area contributed by atoms with Crippen LogP contribution in [0.15, 0.2) is 23.2 Å². The van der Waals surface area contributed by atoms with Gasteiger partial charge in [0.25, 0.3) is 0 Å². The summed E-state index contributed by atoms with van der Waals surface area (Å²) < 4.78 is 17.2. The normalized spacial score (nSPS) is 18.6. The van der Waals surface area contributed by atoms with E-state index in [4.69, 9.17) is 19.9 Å². The van der Waals surface area contributed by atoms with Crippen LogP contribution in [0, 0.1) is 0 Å². The Hall–Kier alpha value is -1.95. The van der Waals surface area contributed by atoms with Crippen molar-refractivity contribution in [2.45, 2.75) is 51.0 Å². The predicted octanol–water partition coefficient (Wildman–Crippen LogP) is 3.31. The van der Waals surface area contributed by atoms with E-state index < -0.39 is 0 Å². The van der Waals surface area contributed by atoms with Crippen molar-refractivity contribution >= 4 is 11.6 Å². The van der Waals surface area contributed by atoms with E-state index in [1.54, 1.807) is 0 Å². The molecule has 0 bridgehead atoms. The molecule has 0 amide bonds. The van der Waals surface area contributed by atoms with Crippen molar-refractivity contribution < 1.29 is 14.2 Å². The van der Waals surface area contributed by atoms with Gasteiger partial charge in [-0.25, -0.2) is 0 Å². The minimum atomic E-state index is 0.409. The van der Waals surface area contributed by atoms with Crippen LogP contribution >= 0.6 is 0 Å². The quantitative estimate of drug-likeness (QED) is 0.469. The third-order valence-electron chi connectivity index (χ3n) is 4.51. The van der Waals surface area contributed by atoms with Crippen molar-refractivity contribution in [2.75, 3.05) is 31.7 Å². The molecule has 25 heavy (non-hydrogen) atoms. The molecule has 1 saturated carbocycles. The number of benzene rings is 1. The van der Waals surface area contributed by atoms with Gasteiger partial charge in [-0.3, -0.25) is 4.99 Å². The van der Waals surface area contributed by atoms with E-state index >= 15 is 0 Å². The SMILES string of the molecule is NC(=NCCCOC1CCCCC1)Nc1ccc2c(c1)OCCCO2. The number of aliphatic imine (C=N–C) groups is 1. The first-order chi connectivity index (χ1) is 12.3. The standard InChI is InChI=1S/C19H29N3O3/c20-19(21-10-4-11-23-16-6-2-1-3-7-16)22-15-8-9-17-18(14-15)25-13-5-12-24-17/h8-9,14,16H,1-7,10-13H2,(H3,20,21,22). The van der Waals surface area contributed by atoms with E-state index in [0.29, 0.717) is 31.8 Å². The minimum Gasteiger partial charge on any atom is -0.490 e. The molecule has 3 rings (SSSR count). The van der Waals surface area contributed by atoms with Crippen molar-refractivity contribution in [1.29, 1.82) is 0 Å². The third-order valence-corrected chi connectivity index (χ3v) is 4.51. The van der Waals surface area contributed by atoms with Crippen LogP contribution in [-0.4, -0.2) is 38.4 Å². The highest BCUT2D eigenvalue weighted by Crippen LogP contribution is 2.32. The average molecular weight is 347 g/mol. The Bertz CT molecular complexity index is 571. The molecule has 0 saturated heterocycles. The summed E-state index contributed by atoms with van der Waals surface area (Å²) in [5.74, 6) is 1.93.